The van der Waals surface area contributed by atoms with E-state index in [1.807, 2.05) is 27.7 Å². The van der Waals surface area contributed by atoms with E-state index in [0.717, 1.165) is 24.8 Å². The third kappa shape index (κ3) is 2.80. The molecule has 0 spiro atoms. The van der Waals surface area contributed by atoms with Crippen LogP contribution in [-0.4, -0.2) is 55.4 Å². The lowest BCUT2D eigenvalue weighted by atomic mass is 9.32. The smallest absolute Gasteiger partial charge is 0.310 e. The summed E-state index contributed by atoms with van der Waals surface area (Å²) in [6, 6.07) is 0. The van der Waals surface area contributed by atoms with Gasteiger partial charge in [-0.15, -0.1) is 0 Å². The van der Waals surface area contributed by atoms with E-state index in [0.29, 0.717) is 25.7 Å². The van der Waals surface area contributed by atoms with Gasteiger partial charge in [-0.05, 0) is 85.9 Å². The van der Waals surface area contributed by atoms with E-state index in [2.05, 4.69) is 26.8 Å². The summed E-state index contributed by atoms with van der Waals surface area (Å²) in [4.78, 5) is 12.8. The van der Waals surface area contributed by atoms with Crippen molar-refractivity contribution < 1.29 is 30.3 Å². The van der Waals surface area contributed by atoms with Crippen molar-refractivity contribution >= 4 is 5.97 Å². The molecule has 36 heavy (non-hydrogen) atoms. The number of carboxylic acid groups (broad SMARTS) is 1. The Hall–Kier alpha value is -0.950. The number of allylic oxidation sites excluding steroid dienone is 1. The van der Waals surface area contributed by atoms with Gasteiger partial charge in [0.2, 0.25) is 0 Å². The predicted octanol–water partition coefficient (Wildman–Crippen LogP) is 4.15. The van der Waals surface area contributed by atoms with Crippen LogP contribution in [0.25, 0.3) is 0 Å². The maximum atomic E-state index is 12.8. The minimum Gasteiger partial charge on any atom is -0.481 e. The van der Waals surface area contributed by atoms with E-state index in [-0.39, 0.29) is 28.6 Å². The summed E-state index contributed by atoms with van der Waals surface area (Å²) in [6.45, 7) is 14.7. The van der Waals surface area contributed by atoms with Gasteiger partial charge >= 0.3 is 5.97 Å². The molecular weight excluding hydrogens is 456 g/mol. The van der Waals surface area contributed by atoms with E-state index in [1.54, 1.807) is 0 Å². The highest BCUT2D eigenvalue weighted by molar-refractivity contribution is 5.77. The lowest BCUT2D eigenvalue weighted by Crippen LogP contribution is -2.72. The zero-order valence-electron chi connectivity index (χ0n) is 23.2. The molecule has 5 aliphatic carbocycles. The summed E-state index contributed by atoms with van der Waals surface area (Å²) in [6.07, 6.45) is 4.02. The maximum absolute atomic E-state index is 12.8. The average molecular weight is 505 g/mol. The fourth-order valence-corrected chi connectivity index (χ4v) is 10.9. The van der Waals surface area contributed by atoms with E-state index in [4.69, 9.17) is 0 Å². The number of carbonyl (C=O) groups is 1. The Kier molecular flexibility index (Phi) is 5.61. The lowest BCUT2D eigenvalue weighted by molar-refractivity contribution is -0.279. The van der Waals surface area contributed by atoms with Crippen molar-refractivity contribution in [3.63, 3.8) is 0 Å². The van der Waals surface area contributed by atoms with Crippen molar-refractivity contribution in [2.75, 3.05) is 0 Å². The summed E-state index contributed by atoms with van der Waals surface area (Å²) in [5.74, 6) is -1.10. The highest BCUT2D eigenvalue weighted by atomic mass is 16.4. The molecule has 4 saturated carbocycles. The number of carboxylic acids is 1. The first kappa shape index (κ1) is 26.6. The van der Waals surface area contributed by atoms with Gasteiger partial charge in [-0.2, -0.15) is 0 Å². The van der Waals surface area contributed by atoms with Crippen LogP contribution < -0.4 is 0 Å². The molecule has 0 amide bonds. The van der Waals surface area contributed by atoms with Crippen molar-refractivity contribution in [2.45, 2.75) is 117 Å². The van der Waals surface area contributed by atoms with E-state index in [9.17, 15) is 30.3 Å². The zero-order chi connectivity index (χ0) is 26.9. The van der Waals surface area contributed by atoms with Crippen LogP contribution in [0, 0.1) is 50.7 Å². The van der Waals surface area contributed by atoms with Crippen molar-refractivity contribution in [2.24, 2.45) is 50.7 Å². The maximum Gasteiger partial charge on any atom is 0.310 e. The van der Waals surface area contributed by atoms with Crippen molar-refractivity contribution in [3.05, 3.63) is 11.6 Å². The molecule has 0 aromatic heterocycles. The number of aliphatic carboxylic acids is 1. The number of rotatable bonds is 1. The summed E-state index contributed by atoms with van der Waals surface area (Å²) in [5, 5.41) is 55.9. The third-order valence-electron chi connectivity index (χ3n) is 13.6. The minimum absolute atomic E-state index is 0.00890. The van der Waals surface area contributed by atoms with Gasteiger partial charge in [-0.1, -0.05) is 53.2 Å². The SMILES string of the molecule is CC1CC[C@]2(C(=O)O)CC[C@]3(C)C(=CCC4[C@@]5(C)C(O)C(O)C(O)C(C)(C)C5CC[C@]43C)C2[C@]1(C)O. The first-order valence-corrected chi connectivity index (χ1v) is 14.1. The van der Waals surface area contributed by atoms with Crippen LogP contribution in [0.5, 0.6) is 0 Å². The van der Waals surface area contributed by atoms with Crippen molar-refractivity contribution in [1.29, 1.82) is 0 Å². The van der Waals surface area contributed by atoms with E-state index >= 15 is 0 Å². The molecule has 0 aliphatic heterocycles. The van der Waals surface area contributed by atoms with Crippen LogP contribution in [0.4, 0.5) is 0 Å². The zero-order valence-corrected chi connectivity index (χ0v) is 23.2. The second-order valence-corrected chi connectivity index (χ2v) is 14.9. The molecular formula is C30H48O6. The number of hydrogen-bond donors (Lipinski definition) is 5. The van der Waals surface area contributed by atoms with Crippen molar-refractivity contribution in [1.82, 2.24) is 0 Å². The Bertz CT molecular complexity index is 986. The van der Waals surface area contributed by atoms with Gasteiger partial charge in [0.15, 0.2) is 0 Å². The van der Waals surface area contributed by atoms with E-state index in [1.165, 1.54) is 0 Å². The number of aliphatic hydroxyl groups excluding tert-OH is 3. The molecule has 12 atom stereocenters. The minimum atomic E-state index is -1.20. The fraction of sp³-hybridized carbons (Fsp3) is 0.900. The monoisotopic (exact) mass is 504 g/mol. The summed E-state index contributed by atoms with van der Waals surface area (Å²) in [5.41, 5.74) is -2.63. The van der Waals surface area contributed by atoms with Crippen LogP contribution >= 0.6 is 0 Å². The second-order valence-electron chi connectivity index (χ2n) is 14.9. The summed E-state index contributed by atoms with van der Waals surface area (Å²) < 4.78 is 0. The topological polar surface area (TPSA) is 118 Å². The average Bonchev–Trinajstić information content (AvgIpc) is 2.79. The van der Waals surface area contributed by atoms with Gasteiger partial charge in [-0.3, -0.25) is 4.79 Å². The number of fused-ring (bicyclic) bond motifs is 7. The Morgan fingerprint density at radius 2 is 1.53 bits per heavy atom. The molecule has 6 nitrogen and oxygen atoms in total. The molecule has 0 bridgehead atoms. The summed E-state index contributed by atoms with van der Waals surface area (Å²) >= 11 is 0. The molecule has 4 fully saturated rings. The second kappa shape index (κ2) is 7.58. The number of hydrogen-bond acceptors (Lipinski definition) is 5. The highest BCUT2D eigenvalue weighted by Crippen LogP contribution is 2.76. The van der Waals surface area contributed by atoms with Crippen LogP contribution in [0.15, 0.2) is 11.6 Å². The van der Waals surface area contributed by atoms with Crippen LogP contribution in [0.2, 0.25) is 0 Å². The first-order chi connectivity index (χ1) is 16.4. The first-order valence-electron chi connectivity index (χ1n) is 14.1. The van der Waals surface area contributed by atoms with Gasteiger partial charge < -0.3 is 25.5 Å². The summed E-state index contributed by atoms with van der Waals surface area (Å²) in [7, 11) is 0. The van der Waals surface area contributed by atoms with Crippen LogP contribution in [0.3, 0.4) is 0 Å². The molecule has 5 aliphatic rings. The van der Waals surface area contributed by atoms with Gasteiger partial charge in [0.1, 0.15) is 6.10 Å². The molecule has 5 rings (SSSR count). The molecule has 6 heteroatoms. The molecule has 7 unspecified atom stereocenters. The van der Waals surface area contributed by atoms with Gasteiger partial charge in [-0.25, -0.2) is 0 Å². The standard InChI is InChI=1S/C30H48O6/c1-16-10-13-30(24(34)35)15-14-26(4)17(21(30)29(16,7)36)8-9-19-27(26,5)12-11-18-25(2,3)22(32)20(31)23(33)28(18,19)6/h8,16,18-23,31-33,36H,9-15H2,1-7H3,(H,34,35)/t16?,18?,19?,20?,21?,22?,23?,26-,27-,28+,29-,30+/m1/s1. The van der Waals surface area contributed by atoms with Gasteiger partial charge in [0, 0.05) is 11.3 Å². The van der Waals surface area contributed by atoms with Crippen LogP contribution in [0.1, 0.15) is 93.4 Å². The molecule has 0 saturated heterocycles. The Morgan fingerprint density at radius 1 is 0.889 bits per heavy atom. The largest absolute Gasteiger partial charge is 0.481 e. The molecule has 0 aromatic carbocycles. The molecule has 0 aromatic rings. The normalized spacial score (nSPS) is 58.0. The predicted molar refractivity (Wildman–Crippen MR) is 137 cm³/mol. The molecule has 204 valence electrons. The van der Waals surface area contributed by atoms with Crippen LogP contribution in [-0.2, 0) is 4.79 Å². The Labute approximate surface area is 216 Å². The molecule has 5 N–H and O–H groups in total. The number of aliphatic hydroxyl groups is 4. The van der Waals surface area contributed by atoms with Gasteiger partial charge in [0.05, 0.1) is 23.2 Å². The quantitative estimate of drug-likeness (QED) is 0.343. The molecule has 0 heterocycles. The van der Waals surface area contributed by atoms with Gasteiger partial charge in [0.25, 0.3) is 0 Å². The lowest BCUT2D eigenvalue weighted by Gasteiger charge is -2.72. The van der Waals surface area contributed by atoms with Crippen molar-refractivity contribution in [3.8, 4) is 0 Å². The fourth-order valence-electron chi connectivity index (χ4n) is 10.9. The van der Waals surface area contributed by atoms with E-state index < -0.39 is 52.0 Å². The Balaban J connectivity index is 1.67. The Morgan fingerprint density at radius 3 is 2.14 bits per heavy atom. The third-order valence-corrected chi connectivity index (χ3v) is 13.6. The molecule has 0 radical (unpaired) electrons. The highest BCUT2D eigenvalue weighted by Gasteiger charge is 2.73.